The third-order valence-electron chi connectivity index (χ3n) is 3.15. The lowest BCUT2D eigenvalue weighted by molar-refractivity contribution is 0.277. The minimum absolute atomic E-state index is 0.125. The van der Waals surface area contributed by atoms with Gasteiger partial charge in [0, 0.05) is 24.6 Å². The van der Waals surface area contributed by atoms with Gasteiger partial charge in [0.15, 0.2) is 16.7 Å². The first-order chi connectivity index (χ1) is 10.2. The minimum atomic E-state index is 0.125. The maximum Gasteiger partial charge on any atom is 0.169 e. The number of rotatable bonds is 6. The van der Waals surface area contributed by atoms with Crippen LogP contribution in [0.5, 0.6) is 11.5 Å². The fourth-order valence-electron chi connectivity index (χ4n) is 2.11. The van der Waals surface area contributed by atoms with Crippen molar-refractivity contribution in [1.29, 1.82) is 0 Å². The van der Waals surface area contributed by atoms with E-state index in [1.165, 1.54) is 11.8 Å². The first-order valence-electron chi connectivity index (χ1n) is 6.47. The van der Waals surface area contributed by atoms with E-state index in [1.54, 1.807) is 14.2 Å². The highest BCUT2D eigenvalue weighted by Gasteiger charge is 2.12. The molecule has 0 aliphatic carbocycles. The molecule has 0 fully saturated rings. The summed E-state index contributed by atoms with van der Waals surface area (Å²) in [6.45, 7) is 0.766. The van der Waals surface area contributed by atoms with Gasteiger partial charge in [-0.1, -0.05) is 24.0 Å². The molecule has 0 aliphatic heterocycles. The van der Waals surface area contributed by atoms with Gasteiger partial charge in [0.25, 0.3) is 0 Å². The van der Waals surface area contributed by atoms with E-state index in [9.17, 15) is 0 Å². The second-order valence-corrected chi connectivity index (χ2v) is 5.52. The second-order valence-electron chi connectivity index (χ2n) is 4.36. The van der Waals surface area contributed by atoms with Gasteiger partial charge in [-0.05, 0) is 18.7 Å². The number of benzene rings is 1. The van der Waals surface area contributed by atoms with Crippen LogP contribution in [0.3, 0.4) is 0 Å². The predicted octanol–water partition coefficient (Wildman–Crippen LogP) is 2.89. The Morgan fingerprint density at radius 2 is 1.95 bits per heavy atom. The Kier molecular flexibility index (Phi) is 5.44. The van der Waals surface area contributed by atoms with E-state index in [0.29, 0.717) is 29.1 Å². The Morgan fingerprint density at radius 1 is 1.29 bits per heavy atom. The summed E-state index contributed by atoms with van der Waals surface area (Å²) in [7, 11) is 3.19. The van der Waals surface area contributed by atoms with Crippen molar-refractivity contribution in [3.63, 3.8) is 0 Å². The standard InChI is InChI=1S/C14H18N2O3S2/c1-18-11-7-9-10(8-12(11)19-2)15-14(21-3)16(13(9)20)5-4-6-17/h7-8,17H,4-6H2,1-3H3. The number of hydrogen-bond acceptors (Lipinski definition) is 6. The number of fused-ring (bicyclic) bond motifs is 1. The number of aromatic nitrogens is 2. The molecule has 1 N–H and O–H groups in total. The summed E-state index contributed by atoms with van der Waals surface area (Å²) in [6.07, 6.45) is 2.60. The number of ether oxygens (including phenoxy) is 2. The number of aliphatic hydroxyl groups is 1. The van der Waals surface area contributed by atoms with Crippen LogP contribution >= 0.6 is 24.0 Å². The molecule has 2 aromatic rings. The minimum Gasteiger partial charge on any atom is -0.493 e. The van der Waals surface area contributed by atoms with E-state index >= 15 is 0 Å². The molecule has 0 saturated heterocycles. The zero-order valence-electron chi connectivity index (χ0n) is 12.3. The highest BCUT2D eigenvalue weighted by atomic mass is 32.2. The lowest BCUT2D eigenvalue weighted by atomic mass is 10.2. The van der Waals surface area contributed by atoms with Crippen LogP contribution < -0.4 is 9.47 Å². The average molecular weight is 326 g/mol. The summed E-state index contributed by atoms with van der Waals surface area (Å²) in [5.41, 5.74) is 0.780. The molecule has 1 heterocycles. The topological polar surface area (TPSA) is 56.5 Å². The molecule has 5 nitrogen and oxygen atoms in total. The summed E-state index contributed by atoms with van der Waals surface area (Å²) in [5.74, 6) is 1.26. The fraction of sp³-hybridized carbons (Fsp3) is 0.429. The molecule has 0 spiro atoms. The second kappa shape index (κ2) is 7.11. The normalized spacial score (nSPS) is 10.9. The molecule has 114 valence electrons. The SMILES string of the molecule is COc1cc2nc(SC)n(CCCO)c(=S)c2cc1OC. The molecule has 1 aromatic heterocycles. The number of aliphatic hydroxyl groups excluding tert-OH is 1. The van der Waals surface area contributed by atoms with Gasteiger partial charge < -0.3 is 19.1 Å². The van der Waals surface area contributed by atoms with Crippen molar-refractivity contribution < 1.29 is 14.6 Å². The van der Waals surface area contributed by atoms with Gasteiger partial charge in [0.1, 0.15) is 4.64 Å². The van der Waals surface area contributed by atoms with Crippen LogP contribution in [0.25, 0.3) is 10.9 Å². The van der Waals surface area contributed by atoms with Crippen LogP contribution in [-0.4, -0.2) is 41.7 Å². The largest absolute Gasteiger partial charge is 0.493 e. The Hall–Kier alpha value is -1.31. The molecule has 0 saturated carbocycles. The number of methoxy groups -OCH3 is 2. The van der Waals surface area contributed by atoms with E-state index in [-0.39, 0.29) is 6.61 Å². The third-order valence-corrected chi connectivity index (χ3v) is 4.26. The molecule has 0 radical (unpaired) electrons. The van der Waals surface area contributed by atoms with E-state index in [4.69, 9.17) is 26.8 Å². The van der Waals surface area contributed by atoms with Gasteiger partial charge in [-0.3, -0.25) is 0 Å². The van der Waals surface area contributed by atoms with Crippen LogP contribution in [0.2, 0.25) is 0 Å². The van der Waals surface area contributed by atoms with Crippen molar-refractivity contribution in [2.45, 2.75) is 18.1 Å². The van der Waals surface area contributed by atoms with Crippen LogP contribution in [0.1, 0.15) is 6.42 Å². The number of hydrogen-bond donors (Lipinski definition) is 1. The molecule has 1 aromatic carbocycles. The molecule has 0 unspecified atom stereocenters. The van der Waals surface area contributed by atoms with Crippen LogP contribution in [0.4, 0.5) is 0 Å². The highest BCUT2D eigenvalue weighted by molar-refractivity contribution is 7.98. The smallest absolute Gasteiger partial charge is 0.169 e. The maximum atomic E-state index is 9.03. The summed E-state index contributed by atoms with van der Waals surface area (Å²) >= 11 is 7.11. The summed E-state index contributed by atoms with van der Waals surface area (Å²) in [4.78, 5) is 4.63. The van der Waals surface area contributed by atoms with E-state index < -0.39 is 0 Å². The summed E-state index contributed by atoms with van der Waals surface area (Å²) in [6, 6.07) is 3.68. The van der Waals surface area contributed by atoms with Crippen LogP contribution in [-0.2, 0) is 6.54 Å². The molecule has 0 amide bonds. The summed E-state index contributed by atoms with van der Waals surface area (Å²) in [5, 5.41) is 10.7. The van der Waals surface area contributed by atoms with E-state index in [1.807, 2.05) is 23.0 Å². The monoisotopic (exact) mass is 326 g/mol. The van der Waals surface area contributed by atoms with Gasteiger partial charge in [-0.2, -0.15) is 0 Å². The Balaban J connectivity index is 2.71. The Bertz CT molecular complexity index is 701. The Labute approximate surface area is 132 Å². The molecular weight excluding hydrogens is 308 g/mol. The zero-order valence-corrected chi connectivity index (χ0v) is 13.9. The van der Waals surface area contributed by atoms with Gasteiger partial charge in [0.05, 0.1) is 19.7 Å². The van der Waals surface area contributed by atoms with Gasteiger partial charge in [-0.25, -0.2) is 4.98 Å². The predicted molar refractivity (Wildman–Crippen MR) is 87.2 cm³/mol. The van der Waals surface area contributed by atoms with E-state index in [0.717, 1.165) is 16.1 Å². The first kappa shape index (κ1) is 16.1. The van der Waals surface area contributed by atoms with E-state index in [2.05, 4.69) is 4.98 Å². The lowest BCUT2D eigenvalue weighted by Crippen LogP contribution is -2.08. The average Bonchev–Trinajstić information content (AvgIpc) is 2.52. The van der Waals surface area contributed by atoms with Crippen molar-refractivity contribution in [3.8, 4) is 11.5 Å². The molecule has 2 rings (SSSR count). The highest BCUT2D eigenvalue weighted by Crippen LogP contribution is 2.33. The molecule has 0 bridgehead atoms. The molecular formula is C14H18N2O3S2. The zero-order chi connectivity index (χ0) is 15.4. The maximum absolute atomic E-state index is 9.03. The molecule has 7 heteroatoms. The van der Waals surface area contributed by atoms with Gasteiger partial charge >= 0.3 is 0 Å². The number of nitrogens with zero attached hydrogens (tertiary/aromatic N) is 2. The lowest BCUT2D eigenvalue weighted by Gasteiger charge is -2.14. The summed E-state index contributed by atoms with van der Waals surface area (Å²) < 4.78 is 13.3. The van der Waals surface area contributed by atoms with Crippen molar-refractivity contribution in [3.05, 3.63) is 16.8 Å². The molecule has 0 aliphatic rings. The van der Waals surface area contributed by atoms with Crippen LogP contribution in [0.15, 0.2) is 17.3 Å². The third kappa shape index (κ3) is 3.14. The number of thioether (sulfide) groups is 1. The molecule has 0 atom stereocenters. The molecule has 21 heavy (non-hydrogen) atoms. The van der Waals surface area contributed by atoms with Crippen LogP contribution in [0, 0.1) is 4.64 Å². The van der Waals surface area contributed by atoms with Gasteiger partial charge in [0.2, 0.25) is 0 Å². The van der Waals surface area contributed by atoms with Crippen molar-refractivity contribution in [1.82, 2.24) is 9.55 Å². The quantitative estimate of drug-likeness (QED) is 0.500. The van der Waals surface area contributed by atoms with Crippen molar-refractivity contribution in [2.75, 3.05) is 27.1 Å². The van der Waals surface area contributed by atoms with Crippen molar-refractivity contribution >= 4 is 34.9 Å². The van der Waals surface area contributed by atoms with Crippen molar-refractivity contribution in [2.24, 2.45) is 0 Å². The first-order valence-corrected chi connectivity index (χ1v) is 8.11. The fourth-order valence-corrected chi connectivity index (χ4v) is 3.10. The Morgan fingerprint density at radius 3 is 2.52 bits per heavy atom. The van der Waals surface area contributed by atoms with Gasteiger partial charge in [-0.15, -0.1) is 0 Å².